The molecule has 96 valence electrons. The highest BCUT2D eigenvalue weighted by Gasteiger charge is 2.10. The number of nitro benzene ring substituents is 1. The Morgan fingerprint density at radius 3 is 2.83 bits per heavy atom. The SMILES string of the molecule is CC#CCNc1cc(OCCC)cc([N+](=O)[O-])c1. The van der Waals surface area contributed by atoms with Crippen LogP contribution in [0.1, 0.15) is 20.3 Å². The number of nitrogens with zero attached hydrogens (tertiary/aromatic N) is 1. The lowest BCUT2D eigenvalue weighted by Gasteiger charge is -2.08. The maximum Gasteiger partial charge on any atom is 0.275 e. The molecule has 0 aliphatic carbocycles. The summed E-state index contributed by atoms with van der Waals surface area (Å²) in [5.41, 5.74) is 0.647. The zero-order chi connectivity index (χ0) is 13.4. The maximum atomic E-state index is 10.8. The van der Waals surface area contributed by atoms with Crippen LogP contribution in [0.2, 0.25) is 0 Å². The molecule has 0 atom stereocenters. The second-order valence-corrected chi connectivity index (χ2v) is 3.60. The second-order valence-electron chi connectivity index (χ2n) is 3.60. The predicted octanol–water partition coefficient (Wildman–Crippen LogP) is 2.82. The van der Waals surface area contributed by atoms with Gasteiger partial charge in [-0.25, -0.2) is 0 Å². The maximum absolute atomic E-state index is 10.8. The van der Waals surface area contributed by atoms with E-state index < -0.39 is 4.92 Å². The van der Waals surface area contributed by atoms with Crippen LogP contribution in [0, 0.1) is 22.0 Å². The Labute approximate surface area is 106 Å². The number of hydrogen-bond donors (Lipinski definition) is 1. The highest BCUT2D eigenvalue weighted by Crippen LogP contribution is 2.26. The van der Waals surface area contributed by atoms with Crippen LogP contribution in [-0.2, 0) is 0 Å². The van der Waals surface area contributed by atoms with E-state index in [0.29, 0.717) is 24.6 Å². The summed E-state index contributed by atoms with van der Waals surface area (Å²) >= 11 is 0. The third-order valence-electron chi connectivity index (χ3n) is 2.13. The van der Waals surface area contributed by atoms with Crippen LogP contribution < -0.4 is 10.1 Å². The lowest BCUT2D eigenvalue weighted by Crippen LogP contribution is -2.02. The smallest absolute Gasteiger partial charge is 0.275 e. The third-order valence-corrected chi connectivity index (χ3v) is 2.13. The molecule has 1 aromatic rings. The van der Waals surface area contributed by atoms with E-state index in [0.717, 1.165) is 6.42 Å². The van der Waals surface area contributed by atoms with Gasteiger partial charge in [-0.1, -0.05) is 12.8 Å². The van der Waals surface area contributed by atoms with Gasteiger partial charge in [-0.3, -0.25) is 10.1 Å². The van der Waals surface area contributed by atoms with Crippen molar-refractivity contribution in [2.24, 2.45) is 0 Å². The molecule has 0 unspecified atom stereocenters. The van der Waals surface area contributed by atoms with Crippen molar-refractivity contribution in [1.82, 2.24) is 0 Å². The average Bonchev–Trinajstić information content (AvgIpc) is 2.36. The molecule has 0 heterocycles. The van der Waals surface area contributed by atoms with Crippen LogP contribution in [0.5, 0.6) is 5.75 Å². The van der Waals surface area contributed by atoms with E-state index in [-0.39, 0.29) is 5.69 Å². The number of ether oxygens (including phenoxy) is 1. The van der Waals surface area contributed by atoms with Crippen molar-refractivity contribution in [1.29, 1.82) is 0 Å². The summed E-state index contributed by atoms with van der Waals surface area (Å²) in [6, 6.07) is 4.63. The minimum atomic E-state index is -0.435. The van der Waals surface area contributed by atoms with Gasteiger partial charge in [0.25, 0.3) is 5.69 Å². The Morgan fingerprint density at radius 1 is 1.44 bits per heavy atom. The quantitative estimate of drug-likeness (QED) is 0.477. The summed E-state index contributed by atoms with van der Waals surface area (Å²) in [6.45, 7) is 4.71. The van der Waals surface area contributed by atoms with Crippen molar-refractivity contribution in [3.05, 3.63) is 28.3 Å². The number of non-ortho nitro benzene ring substituents is 1. The first-order chi connectivity index (χ1) is 8.67. The first-order valence-electron chi connectivity index (χ1n) is 5.73. The molecule has 1 rings (SSSR count). The molecule has 1 N–H and O–H groups in total. The Bertz CT molecular complexity index is 475. The van der Waals surface area contributed by atoms with E-state index in [1.807, 2.05) is 6.92 Å². The van der Waals surface area contributed by atoms with E-state index in [4.69, 9.17) is 4.74 Å². The van der Waals surface area contributed by atoms with Gasteiger partial charge in [0.05, 0.1) is 24.1 Å². The molecule has 0 aromatic heterocycles. The molecule has 0 radical (unpaired) electrons. The summed E-state index contributed by atoms with van der Waals surface area (Å²) < 4.78 is 5.41. The van der Waals surface area contributed by atoms with Gasteiger partial charge < -0.3 is 10.1 Å². The molecule has 0 bridgehead atoms. The lowest BCUT2D eigenvalue weighted by molar-refractivity contribution is -0.384. The Hall–Kier alpha value is -2.22. The van der Waals surface area contributed by atoms with Gasteiger partial charge in [-0.05, 0) is 13.3 Å². The lowest BCUT2D eigenvalue weighted by atomic mass is 10.2. The number of nitro groups is 1. The Kier molecular flexibility index (Phi) is 5.52. The molecule has 0 spiro atoms. The van der Waals surface area contributed by atoms with Crippen molar-refractivity contribution in [2.45, 2.75) is 20.3 Å². The van der Waals surface area contributed by atoms with Crippen molar-refractivity contribution in [3.63, 3.8) is 0 Å². The fourth-order valence-corrected chi connectivity index (χ4v) is 1.33. The number of benzene rings is 1. The molecule has 1 aromatic carbocycles. The van der Waals surface area contributed by atoms with Crippen LogP contribution in [0.15, 0.2) is 18.2 Å². The van der Waals surface area contributed by atoms with Crippen molar-refractivity contribution >= 4 is 11.4 Å². The number of hydrogen-bond acceptors (Lipinski definition) is 4. The number of rotatable bonds is 6. The van der Waals surface area contributed by atoms with Crippen LogP contribution in [-0.4, -0.2) is 18.1 Å². The summed E-state index contributed by atoms with van der Waals surface area (Å²) in [5, 5.41) is 13.8. The molecule has 0 saturated heterocycles. The summed E-state index contributed by atoms with van der Waals surface area (Å²) in [4.78, 5) is 10.4. The number of anilines is 1. The van der Waals surface area contributed by atoms with Crippen molar-refractivity contribution in [2.75, 3.05) is 18.5 Å². The van der Waals surface area contributed by atoms with Crippen molar-refractivity contribution in [3.8, 4) is 17.6 Å². The summed E-state index contributed by atoms with van der Waals surface area (Å²) in [6.07, 6.45) is 0.854. The minimum absolute atomic E-state index is 0.00978. The number of nitrogens with one attached hydrogen (secondary N) is 1. The second kappa shape index (κ2) is 7.17. The molecule has 0 aliphatic heterocycles. The van der Waals surface area contributed by atoms with E-state index in [1.165, 1.54) is 12.1 Å². The largest absolute Gasteiger partial charge is 0.493 e. The van der Waals surface area contributed by atoms with E-state index in [1.54, 1.807) is 13.0 Å². The fourth-order valence-electron chi connectivity index (χ4n) is 1.33. The molecule has 0 saturated carbocycles. The predicted molar refractivity (Wildman–Crippen MR) is 70.8 cm³/mol. The van der Waals surface area contributed by atoms with Gasteiger partial charge in [0, 0.05) is 17.8 Å². The summed E-state index contributed by atoms with van der Waals surface area (Å²) in [7, 11) is 0. The minimum Gasteiger partial charge on any atom is -0.493 e. The normalized spacial score (nSPS) is 9.22. The van der Waals surface area contributed by atoms with Crippen LogP contribution >= 0.6 is 0 Å². The summed E-state index contributed by atoms with van der Waals surface area (Å²) in [5.74, 6) is 6.08. The molecule has 0 aliphatic rings. The monoisotopic (exact) mass is 248 g/mol. The van der Waals surface area contributed by atoms with Gasteiger partial charge in [0.15, 0.2) is 0 Å². The first-order valence-corrected chi connectivity index (χ1v) is 5.73. The van der Waals surface area contributed by atoms with Crippen LogP contribution in [0.3, 0.4) is 0 Å². The van der Waals surface area contributed by atoms with Gasteiger partial charge in [-0.2, -0.15) is 0 Å². The highest BCUT2D eigenvalue weighted by atomic mass is 16.6. The standard InChI is InChI=1S/C13H16N2O3/c1-3-5-6-14-11-8-12(15(16)17)10-13(9-11)18-7-4-2/h8-10,14H,4,6-7H2,1-2H3. The molecule has 0 amide bonds. The zero-order valence-corrected chi connectivity index (χ0v) is 10.5. The molecular formula is C13H16N2O3. The third kappa shape index (κ3) is 4.34. The van der Waals surface area contributed by atoms with Gasteiger partial charge in [0.2, 0.25) is 0 Å². The molecule has 18 heavy (non-hydrogen) atoms. The zero-order valence-electron chi connectivity index (χ0n) is 10.5. The molecule has 5 heteroatoms. The molecule has 5 nitrogen and oxygen atoms in total. The fraction of sp³-hybridized carbons (Fsp3) is 0.385. The van der Waals surface area contributed by atoms with E-state index in [9.17, 15) is 10.1 Å². The molecule has 0 fully saturated rings. The van der Waals surface area contributed by atoms with E-state index >= 15 is 0 Å². The van der Waals surface area contributed by atoms with Crippen molar-refractivity contribution < 1.29 is 9.66 Å². The van der Waals surface area contributed by atoms with Crippen LogP contribution in [0.25, 0.3) is 0 Å². The average molecular weight is 248 g/mol. The van der Waals surface area contributed by atoms with Crippen LogP contribution in [0.4, 0.5) is 11.4 Å². The first kappa shape index (κ1) is 13.8. The Morgan fingerprint density at radius 2 is 2.22 bits per heavy atom. The van der Waals surface area contributed by atoms with Gasteiger partial charge in [0.1, 0.15) is 5.75 Å². The van der Waals surface area contributed by atoms with E-state index in [2.05, 4.69) is 17.2 Å². The van der Waals surface area contributed by atoms with Gasteiger partial charge in [-0.15, -0.1) is 5.92 Å². The highest BCUT2D eigenvalue weighted by molar-refractivity contribution is 5.56. The van der Waals surface area contributed by atoms with Gasteiger partial charge >= 0.3 is 0 Å². The Balaban J connectivity index is 2.89. The molecular weight excluding hydrogens is 232 g/mol. The topological polar surface area (TPSA) is 64.4 Å².